The lowest BCUT2D eigenvalue weighted by atomic mass is 10.0. The highest BCUT2D eigenvalue weighted by molar-refractivity contribution is 5.96. The first-order valence-electron chi connectivity index (χ1n) is 17.7. The second kappa shape index (κ2) is 20.8. The number of amides is 5. The SMILES string of the molecule is CC(C)C[C@H](NC(=O)[C@H](CCCN=C(N)N)NC(=O)[C@@H]1CCCN1C(=O)[C@H](Cc1ccc(O)cc1)NC(=O)[C@H](C)NC(=O)[C@@H](N)CC(C)C)C(=O)O. The van der Waals surface area contributed by atoms with Gasteiger partial charge in [0.25, 0.3) is 0 Å². The van der Waals surface area contributed by atoms with Gasteiger partial charge in [0.1, 0.15) is 36.0 Å². The standard InChI is InChI=1S/C35H57N9O8/c1-19(2)16-24(36)30(47)40-21(5)29(46)42-26(18-22-10-12-23(45)13-11-22)33(50)44-15-7-9-28(44)32(49)41-25(8-6-14-39-35(37)38)31(48)43-27(34(51)52)17-20(3)4/h10-13,19-21,24-28,45H,6-9,14-18,36H2,1-5H3,(H,40,47)(H,41,49)(H,42,46)(H,43,48)(H,51,52)(H4,37,38,39)/t21-,24-,25-,26-,27-,28-/m0/s1. The van der Waals surface area contributed by atoms with Crippen LogP contribution in [0, 0.1) is 11.8 Å². The van der Waals surface area contributed by atoms with E-state index < -0.39 is 71.8 Å². The molecule has 1 heterocycles. The minimum atomic E-state index is -1.21. The van der Waals surface area contributed by atoms with E-state index in [1.807, 2.05) is 27.7 Å². The van der Waals surface area contributed by atoms with Gasteiger partial charge in [0.15, 0.2) is 5.96 Å². The lowest BCUT2D eigenvalue weighted by molar-refractivity contribution is -0.144. The molecular weight excluding hydrogens is 674 g/mol. The van der Waals surface area contributed by atoms with E-state index >= 15 is 0 Å². The zero-order valence-corrected chi connectivity index (χ0v) is 30.8. The Kier molecular flexibility index (Phi) is 17.3. The molecule has 1 fully saturated rings. The second-order valence-corrected chi connectivity index (χ2v) is 14.1. The van der Waals surface area contributed by atoms with Gasteiger partial charge in [-0.1, -0.05) is 39.8 Å². The maximum Gasteiger partial charge on any atom is 0.326 e. The number of aliphatic carboxylic acids is 1. The van der Waals surface area contributed by atoms with Gasteiger partial charge in [-0.15, -0.1) is 0 Å². The third kappa shape index (κ3) is 14.4. The van der Waals surface area contributed by atoms with Crippen LogP contribution in [0.2, 0.25) is 0 Å². The van der Waals surface area contributed by atoms with Crippen LogP contribution in [-0.2, 0) is 35.2 Å². The summed E-state index contributed by atoms with van der Waals surface area (Å²) in [7, 11) is 0. The fraction of sp³-hybridized carbons (Fsp3) is 0.629. The Labute approximate surface area is 304 Å². The average Bonchev–Trinajstić information content (AvgIpc) is 3.55. The number of hydrogen-bond donors (Lipinski definition) is 9. The number of aromatic hydroxyl groups is 1. The Morgan fingerprint density at radius 3 is 2.04 bits per heavy atom. The first kappa shape index (κ1) is 43.2. The van der Waals surface area contributed by atoms with Gasteiger partial charge in [0.2, 0.25) is 29.5 Å². The average molecular weight is 732 g/mol. The zero-order valence-electron chi connectivity index (χ0n) is 30.8. The van der Waals surface area contributed by atoms with Crippen LogP contribution >= 0.6 is 0 Å². The van der Waals surface area contributed by atoms with Crippen molar-refractivity contribution in [3.8, 4) is 5.75 Å². The number of carbonyl (C=O) groups excluding carboxylic acids is 5. The largest absolute Gasteiger partial charge is 0.508 e. The van der Waals surface area contributed by atoms with Crippen LogP contribution in [0.3, 0.4) is 0 Å². The number of carboxylic acids is 1. The molecule has 0 spiro atoms. The van der Waals surface area contributed by atoms with Crippen LogP contribution in [-0.4, -0.2) is 106 Å². The number of guanidine groups is 1. The molecule has 1 aromatic rings. The summed E-state index contributed by atoms with van der Waals surface area (Å²) in [5.74, 6) is -4.28. The van der Waals surface area contributed by atoms with E-state index in [1.165, 1.54) is 24.0 Å². The van der Waals surface area contributed by atoms with E-state index in [9.17, 15) is 39.0 Å². The molecule has 1 aromatic carbocycles. The molecule has 17 nitrogen and oxygen atoms in total. The Morgan fingerprint density at radius 1 is 0.846 bits per heavy atom. The number of benzene rings is 1. The maximum absolute atomic E-state index is 14.2. The molecule has 5 amide bonds. The third-order valence-electron chi connectivity index (χ3n) is 8.54. The predicted octanol–water partition coefficient (Wildman–Crippen LogP) is -0.557. The molecule has 52 heavy (non-hydrogen) atoms. The predicted molar refractivity (Wildman–Crippen MR) is 194 cm³/mol. The molecule has 0 saturated carbocycles. The van der Waals surface area contributed by atoms with E-state index in [4.69, 9.17) is 17.2 Å². The van der Waals surface area contributed by atoms with Crippen molar-refractivity contribution in [3.05, 3.63) is 29.8 Å². The van der Waals surface area contributed by atoms with E-state index in [2.05, 4.69) is 26.3 Å². The highest BCUT2D eigenvalue weighted by atomic mass is 16.4. The van der Waals surface area contributed by atoms with Gasteiger partial charge in [-0.3, -0.25) is 29.0 Å². The van der Waals surface area contributed by atoms with Crippen molar-refractivity contribution in [2.24, 2.45) is 34.0 Å². The normalized spacial score (nSPS) is 17.0. The number of nitrogens with one attached hydrogen (secondary N) is 4. The van der Waals surface area contributed by atoms with Crippen LogP contribution in [0.25, 0.3) is 0 Å². The molecular formula is C35H57N9O8. The van der Waals surface area contributed by atoms with Crippen LogP contribution in [0.5, 0.6) is 5.75 Å². The molecule has 12 N–H and O–H groups in total. The molecule has 1 aliphatic heterocycles. The number of likely N-dealkylation sites (tertiary alicyclic amines) is 1. The van der Waals surface area contributed by atoms with Gasteiger partial charge < -0.3 is 53.6 Å². The number of hydrogen-bond acceptors (Lipinski definition) is 9. The summed E-state index contributed by atoms with van der Waals surface area (Å²) < 4.78 is 0. The summed E-state index contributed by atoms with van der Waals surface area (Å²) in [5.41, 5.74) is 17.4. The smallest absolute Gasteiger partial charge is 0.326 e. The summed E-state index contributed by atoms with van der Waals surface area (Å²) in [5, 5.41) is 30.0. The molecule has 6 atom stereocenters. The van der Waals surface area contributed by atoms with Crippen molar-refractivity contribution in [1.29, 1.82) is 0 Å². The number of rotatable bonds is 20. The topological polar surface area (TPSA) is 285 Å². The molecule has 2 rings (SSSR count). The third-order valence-corrected chi connectivity index (χ3v) is 8.54. The number of phenolic OH excluding ortho intramolecular Hbond substituents is 1. The summed E-state index contributed by atoms with van der Waals surface area (Å²) in [4.78, 5) is 84.4. The molecule has 0 aliphatic carbocycles. The lowest BCUT2D eigenvalue weighted by Crippen LogP contribution is -2.59. The number of aliphatic imine (C=N–C) groups is 1. The van der Waals surface area contributed by atoms with E-state index in [0.717, 1.165) is 0 Å². The Hall–Kier alpha value is -4.93. The zero-order chi connectivity index (χ0) is 39.1. The van der Waals surface area contributed by atoms with Crippen LogP contribution in [0.1, 0.15) is 78.7 Å². The second-order valence-electron chi connectivity index (χ2n) is 14.1. The molecule has 0 aromatic heterocycles. The quantitative estimate of drug-likeness (QED) is 0.0466. The van der Waals surface area contributed by atoms with Crippen molar-refractivity contribution < 1.29 is 39.0 Å². The number of carboxylic acid groups (broad SMARTS) is 1. The maximum atomic E-state index is 14.2. The van der Waals surface area contributed by atoms with Gasteiger partial charge in [0, 0.05) is 19.5 Å². The van der Waals surface area contributed by atoms with Crippen LogP contribution < -0.4 is 38.5 Å². The number of nitrogens with zero attached hydrogens (tertiary/aromatic N) is 2. The number of carbonyl (C=O) groups is 6. The Morgan fingerprint density at radius 2 is 1.46 bits per heavy atom. The minimum Gasteiger partial charge on any atom is -0.508 e. The van der Waals surface area contributed by atoms with Crippen molar-refractivity contribution in [1.82, 2.24) is 26.2 Å². The fourth-order valence-corrected chi connectivity index (χ4v) is 5.87. The molecule has 0 unspecified atom stereocenters. The molecule has 0 radical (unpaired) electrons. The van der Waals surface area contributed by atoms with Crippen molar-refractivity contribution in [2.75, 3.05) is 13.1 Å². The van der Waals surface area contributed by atoms with E-state index in [-0.39, 0.29) is 68.7 Å². The fourth-order valence-electron chi connectivity index (χ4n) is 5.87. The highest BCUT2D eigenvalue weighted by Gasteiger charge is 2.39. The van der Waals surface area contributed by atoms with Gasteiger partial charge >= 0.3 is 5.97 Å². The Balaban J connectivity index is 2.30. The Bertz CT molecular complexity index is 1420. The van der Waals surface area contributed by atoms with Gasteiger partial charge in [-0.25, -0.2) is 4.79 Å². The first-order chi connectivity index (χ1) is 24.4. The minimum absolute atomic E-state index is 0.00543. The molecule has 0 bridgehead atoms. The number of nitrogens with two attached hydrogens (primary N) is 3. The molecule has 1 saturated heterocycles. The summed E-state index contributed by atoms with van der Waals surface area (Å²) in [6, 6.07) is -0.294. The lowest BCUT2D eigenvalue weighted by Gasteiger charge is -2.31. The van der Waals surface area contributed by atoms with E-state index in [0.29, 0.717) is 18.4 Å². The van der Waals surface area contributed by atoms with Crippen molar-refractivity contribution in [3.63, 3.8) is 0 Å². The monoisotopic (exact) mass is 731 g/mol. The van der Waals surface area contributed by atoms with Crippen LogP contribution in [0.15, 0.2) is 29.3 Å². The van der Waals surface area contributed by atoms with E-state index in [1.54, 1.807) is 12.1 Å². The van der Waals surface area contributed by atoms with Gasteiger partial charge in [-0.05, 0) is 75.0 Å². The van der Waals surface area contributed by atoms with Crippen LogP contribution in [0.4, 0.5) is 0 Å². The molecule has 17 heteroatoms. The molecule has 1 aliphatic rings. The molecule has 290 valence electrons. The summed E-state index contributed by atoms with van der Waals surface area (Å²) in [6.07, 6.45) is 1.67. The van der Waals surface area contributed by atoms with Crippen molar-refractivity contribution >= 4 is 41.5 Å². The first-order valence-corrected chi connectivity index (χ1v) is 17.7. The highest BCUT2D eigenvalue weighted by Crippen LogP contribution is 2.21. The summed E-state index contributed by atoms with van der Waals surface area (Å²) in [6.45, 7) is 9.29. The summed E-state index contributed by atoms with van der Waals surface area (Å²) >= 11 is 0. The van der Waals surface area contributed by atoms with Crippen molar-refractivity contribution in [2.45, 2.75) is 116 Å². The van der Waals surface area contributed by atoms with Gasteiger partial charge in [0.05, 0.1) is 6.04 Å². The number of phenols is 1. The van der Waals surface area contributed by atoms with Gasteiger partial charge in [-0.2, -0.15) is 0 Å².